The average molecular weight is 260 g/mol. The van der Waals surface area contributed by atoms with E-state index in [0.29, 0.717) is 5.41 Å². The number of thioether (sulfide) groups is 1. The summed E-state index contributed by atoms with van der Waals surface area (Å²) in [5.41, 5.74) is 0.492. The molecule has 1 aromatic rings. The van der Waals surface area contributed by atoms with Crippen molar-refractivity contribution in [2.45, 2.75) is 36.9 Å². The Morgan fingerprint density at radius 3 is 2.80 bits per heavy atom. The van der Waals surface area contributed by atoms with Crippen LogP contribution in [0.5, 0.6) is 0 Å². The third kappa shape index (κ3) is 2.68. The van der Waals surface area contributed by atoms with Crippen molar-refractivity contribution in [2.75, 3.05) is 11.5 Å². The minimum absolute atomic E-state index is 0.492. The van der Waals surface area contributed by atoms with E-state index in [1.54, 1.807) is 0 Å². The molecule has 1 fully saturated rings. The lowest BCUT2D eigenvalue weighted by Gasteiger charge is -2.40. The zero-order valence-electron chi connectivity index (χ0n) is 8.90. The highest BCUT2D eigenvalue weighted by molar-refractivity contribution is 8.01. The number of rotatable bonds is 5. The van der Waals surface area contributed by atoms with E-state index in [0.717, 1.165) is 28.1 Å². The van der Waals surface area contributed by atoms with E-state index in [1.165, 1.54) is 30.8 Å². The number of aryl methyl sites for hydroxylation is 1. The molecular formula is C10H16N2S3. The normalized spacial score (nSPS) is 18.8. The predicted octanol–water partition coefficient (Wildman–Crippen LogP) is 3.29. The predicted molar refractivity (Wildman–Crippen MR) is 70.1 cm³/mol. The lowest BCUT2D eigenvalue weighted by Crippen LogP contribution is -2.33. The Kier molecular flexibility index (Phi) is 3.96. The second-order valence-corrected chi connectivity index (χ2v) is 6.42. The molecule has 1 aromatic heterocycles. The third-order valence-corrected chi connectivity index (χ3v) is 5.91. The minimum Gasteiger partial charge on any atom is -0.213 e. The summed E-state index contributed by atoms with van der Waals surface area (Å²) in [6, 6.07) is 0. The lowest BCUT2D eigenvalue weighted by molar-refractivity contribution is 0.205. The second kappa shape index (κ2) is 5.06. The maximum absolute atomic E-state index is 4.47. The first-order chi connectivity index (χ1) is 7.28. The second-order valence-electron chi connectivity index (χ2n) is 4.13. The quantitative estimate of drug-likeness (QED) is 0.650. The van der Waals surface area contributed by atoms with Gasteiger partial charge >= 0.3 is 0 Å². The van der Waals surface area contributed by atoms with Gasteiger partial charge in [-0.05, 0) is 35.5 Å². The SMILES string of the molecule is CCc1nsc(SCC2(CS)CCC2)n1. The summed E-state index contributed by atoms with van der Waals surface area (Å²) in [6.45, 7) is 2.09. The Balaban J connectivity index is 1.86. The Hall–Kier alpha value is 0.260. The van der Waals surface area contributed by atoms with Crippen LogP contribution < -0.4 is 0 Å². The molecule has 0 aliphatic heterocycles. The van der Waals surface area contributed by atoms with Gasteiger partial charge in [0.05, 0.1) is 0 Å². The summed E-state index contributed by atoms with van der Waals surface area (Å²) in [5, 5.41) is 0. The number of hydrogen-bond donors (Lipinski definition) is 1. The van der Waals surface area contributed by atoms with Crippen LogP contribution in [0.4, 0.5) is 0 Å². The van der Waals surface area contributed by atoms with E-state index >= 15 is 0 Å². The van der Waals surface area contributed by atoms with Crippen LogP contribution in [-0.2, 0) is 6.42 Å². The van der Waals surface area contributed by atoms with E-state index < -0.39 is 0 Å². The first-order valence-electron chi connectivity index (χ1n) is 5.34. The van der Waals surface area contributed by atoms with Gasteiger partial charge in [-0.3, -0.25) is 0 Å². The Bertz CT molecular complexity index is 315. The van der Waals surface area contributed by atoms with Gasteiger partial charge in [-0.1, -0.05) is 25.1 Å². The minimum atomic E-state index is 0.492. The summed E-state index contributed by atoms with van der Waals surface area (Å²) in [7, 11) is 0. The van der Waals surface area contributed by atoms with Crippen LogP contribution >= 0.6 is 35.9 Å². The molecule has 0 spiro atoms. The molecule has 2 nitrogen and oxygen atoms in total. The Labute approximate surface area is 105 Å². The van der Waals surface area contributed by atoms with Crippen LogP contribution in [0.25, 0.3) is 0 Å². The number of aromatic nitrogens is 2. The van der Waals surface area contributed by atoms with Gasteiger partial charge in [-0.15, -0.1) is 0 Å². The molecule has 5 heteroatoms. The van der Waals surface area contributed by atoms with E-state index in [9.17, 15) is 0 Å². The van der Waals surface area contributed by atoms with Gasteiger partial charge in [0, 0.05) is 12.2 Å². The van der Waals surface area contributed by atoms with Crippen LogP contribution in [0.3, 0.4) is 0 Å². The van der Waals surface area contributed by atoms with Gasteiger partial charge in [-0.2, -0.15) is 17.0 Å². The zero-order valence-corrected chi connectivity index (χ0v) is 11.4. The molecule has 0 saturated heterocycles. The summed E-state index contributed by atoms with van der Waals surface area (Å²) >= 11 is 7.85. The Morgan fingerprint density at radius 1 is 1.53 bits per heavy atom. The highest BCUT2D eigenvalue weighted by atomic mass is 32.2. The molecule has 0 atom stereocenters. The van der Waals surface area contributed by atoms with Crippen molar-refractivity contribution in [2.24, 2.45) is 5.41 Å². The van der Waals surface area contributed by atoms with Crippen molar-refractivity contribution in [3.63, 3.8) is 0 Å². The van der Waals surface area contributed by atoms with Crippen LogP contribution in [0, 0.1) is 5.41 Å². The van der Waals surface area contributed by atoms with E-state index in [2.05, 4.69) is 28.9 Å². The highest BCUT2D eigenvalue weighted by Gasteiger charge is 2.35. The number of nitrogens with zero attached hydrogens (tertiary/aromatic N) is 2. The maximum Gasteiger partial charge on any atom is 0.170 e. The van der Waals surface area contributed by atoms with E-state index in [-0.39, 0.29) is 0 Å². The van der Waals surface area contributed by atoms with E-state index in [4.69, 9.17) is 0 Å². The molecule has 0 unspecified atom stereocenters. The van der Waals surface area contributed by atoms with Gasteiger partial charge in [0.2, 0.25) is 0 Å². The molecule has 1 saturated carbocycles. The fourth-order valence-electron chi connectivity index (χ4n) is 1.68. The van der Waals surface area contributed by atoms with Crippen molar-refractivity contribution < 1.29 is 0 Å². The molecule has 0 radical (unpaired) electrons. The fraction of sp³-hybridized carbons (Fsp3) is 0.800. The molecule has 0 bridgehead atoms. The topological polar surface area (TPSA) is 25.8 Å². The van der Waals surface area contributed by atoms with Crippen LogP contribution in [-0.4, -0.2) is 20.9 Å². The summed E-state index contributed by atoms with van der Waals surface area (Å²) < 4.78 is 5.42. The molecular weight excluding hydrogens is 244 g/mol. The van der Waals surface area contributed by atoms with Gasteiger partial charge in [-0.25, -0.2) is 4.98 Å². The standard InChI is InChI=1S/C10H16N2S3/c1-2-8-11-9(15-12-8)14-7-10(6-13)4-3-5-10/h13H,2-7H2,1H3. The number of hydrogen-bond acceptors (Lipinski definition) is 5. The van der Waals surface area contributed by atoms with Crippen molar-refractivity contribution in [3.8, 4) is 0 Å². The molecule has 15 heavy (non-hydrogen) atoms. The van der Waals surface area contributed by atoms with Crippen molar-refractivity contribution in [1.29, 1.82) is 0 Å². The fourth-order valence-corrected chi connectivity index (χ4v) is 4.25. The summed E-state index contributed by atoms with van der Waals surface area (Å²) in [6.07, 6.45) is 4.98. The molecule has 1 aliphatic carbocycles. The van der Waals surface area contributed by atoms with Crippen molar-refractivity contribution in [1.82, 2.24) is 9.36 Å². The van der Waals surface area contributed by atoms with Crippen molar-refractivity contribution >= 4 is 35.9 Å². The van der Waals surface area contributed by atoms with Crippen LogP contribution in [0.2, 0.25) is 0 Å². The summed E-state index contributed by atoms with van der Waals surface area (Å²) in [5.74, 6) is 3.16. The van der Waals surface area contributed by atoms with Gasteiger partial charge in [0.15, 0.2) is 4.34 Å². The third-order valence-electron chi connectivity index (χ3n) is 3.02. The van der Waals surface area contributed by atoms with Crippen LogP contribution in [0.1, 0.15) is 32.0 Å². The lowest BCUT2D eigenvalue weighted by atomic mass is 9.72. The zero-order chi connectivity index (χ0) is 10.7. The van der Waals surface area contributed by atoms with Crippen LogP contribution in [0.15, 0.2) is 4.34 Å². The first-order valence-corrected chi connectivity index (χ1v) is 7.73. The smallest absolute Gasteiger partial charge is 0.170 e. The molecule has 1 heterocycles. The monoisotopic (exact) mass is 260 g/mol. The number of thiol groups is 1. The molecule has 0 amide bonds. The van der Waals surface area contributed by atoms with Gasteiger partial charge in [0.1, 0.15) is 5.82 Å². The molecule has 0 N–H and O–H groups in total. The highest BCUT2D eigenvalue weighted by Crippen LogP contribution is 2.45. The molecule has 1 aliphatic rings. The Morgan fingerprint density at radius 2 is 2.33 bits per heavy atom. The van der Waals surface area contributed by atoms with Crippen molar-refractivity contribution in [3.05, 3.63) is 5.82 Å². The van der Waals surface area contributed by atoms with Gasteiger partial charge in [0.25, 0.3) is 0 Å². The summed E-state index contributed by atoms with van der Waals surface area (Å²) in [4.78, 5) is 4.47. The molecule has 0 aromatic carbocycles. The largest absolute Gasteiger partial charge is 0.213 e. The average Bonchev–Trinajstić information content (AvgIpc) is 2.65. The molecule has 2 rings (SSSR count). The van der Waals surface area contributed by atoms with E-state index in [1.807, 2.05) is 11.8 Å². The maximum atomic E-state index is 4.47. The molecule has 84 valence electrons. The first kappa shape index (κ1) is 11.7. The van der Waals surface area contributed by atoms with Gasteiger partial charge < -0.3 is 0 Å².